The molecule has 1 aromatic rings. The van der Waals surface area contributed by atoms with Crippen LogP contribution in [0.15, 0.2) is 36.5 Å². The minimum absolute atomic E-state index is 0.335. The second-order valence-electron chi connectivity index (χ2n) is 3.29. The van der Waals surface area contributed by atoms with Gasteiger partial charge in [0, 0.05) is 12.2 Å². The third-order valence-corrected chi connectivity index (χ3v) is 2.13. The molecule has 0 aromatic carbocycles. The molecular formula is C12H18N2. The van der Waals surface area contributed by atoms with Crippen LogP contribution in [0.25, 0.3) is 0 Å². The van der Waals surface area contributed by atoms with Crippen LogP contribution >= 0.6 is 0 Å². The van der Waals surface area contributed by atoms with Crippen LogP contribution in [-0.4, -0.2) is 11.5 Å². The Bertz CT molecular complexity index is 267. The van der Waals surface area contributed by atoms with Crippen molar-refractivity contribution in [2.45, 2.75) is 26.3 Å². The van der Waals surface area contributed by atoms with Crippen molar-refractivity contribution in [3.05, 3.63) is 42.2 Å². The highest BCUT2D eigenvalue weighted by atomic mass is 14.9. The Hall–Kier alpha value is -1.15. The molecule has 1 aromatic heterocycles. The number of nitrogens with zero attached hydrogens (tertiary/aromatic N) is 1. The van der Waals surface area contributed by atoms with Gasteiger partial charge in [0.1, 0.15) is 0 Å². The zero-order valence-electron chi connectivity index (χ0n) is 8.90. The Morgan fingerprint density at radius 2 is 2.36 bits per heavy atom. The molecule has 0 spiro atoms. The van der Waals surface area contributed by atoms with Gasteiger partial charge >= 0.3 is 0 Å². The summed E-state index contributed by atoms with van der Waals surface area (Å²) in [4.78, 5) is 4.30. The lowest BCUT2D eigenvalue weighted by Crippen LogP contribution is -2.20. The molecular weight excluding hydrogens is 172 g/mol. The molecule has 76 valence electrons. The molecule has 1 atom stereocenters. The highest BCUT2D eigenvalue weighted by Crippen LogP contribution is 2.07. The van der Waals surface area contributed by atoms with Crippen LogP contribution in [0, 0.1) is 0 Å². The van der Waals surface area contributed by atoms with Gasteiger partial charge in [0.15, 0.2) is 0 Å². The Morgan fingerprint density at radius 1 is 1.50 bits per heavy atom. The molecule has 1 N–H and O–H groups in total. The highest BCUT2D eigenvalue weighted by molar-refractivity contribution is 5.07. The van der Waals surface area contributed by atoms with Gasteiger partial charge in [-0.2, -0.15) is 0 Å². The molecule has 2 nitrogen and oxygen atoms in total. The second-order valence-corrected chi connectivity index (χ2v) is 3.29. The fourth-order valence-electron chi connectivity index (χ4n) is 1.29. The Morgan fingerprint density at radius 3 is 3.00 bits per heavy atom. The summed E-state index contributed by atoms with van der Waals surface area (Å²) in [6.45, 7) is 5.18. The maximum atomic E-state index is 4.30. The van der Waals surface area contributed by atoms with E-state index in [4.69, 9.17) is 0 Å². The number of hydrogen-bond acceptors (Lipinski definition) is 2. The first kappa shape index (κ1) is 10.9. The molecule has 0 aliphatic rings. The van der Waals surface area contributed by atoms with Gasteiger partial charge in [0.05, 0.1) is 5.69 Å². The van der Waals surface area contributed by atoms with E-state index in [1.165, 1.54) is 0 Å². The maximum absolute atomic E-state index is 4.30. The first-order valence-corrected chi connectivity index (χ1v) is 5.10. The van der Waals surface area contributed by atoms with Crippen LogP contribution < -0.4 is 5.32 Å². The number of allylic oxidation sites excluding steroid dienone is 1. The third-order valence-electron chi connectivity index (χ3n) is 2.13. The number of nitrogens with one attached hydrogen (secondary N) is 1. The average molecular weight is 190 g/mol. The monoisotopic (exact) mass is 190 g/mol. The Labute approximate surface area is 86.1 Å². The number of aromatic nitrogens is 1. The minimum atomic E-state index is 0.335. The molecule has 1 heterocycles. The summed E-state index contributed by atoms with van der Waals surface area (Å²) in [7, 11) is 0. The van der Waals surface area contributed by atoms with Crippen LogP contribution in [0.5, 0.6) is 0 Å². The van der Waals surface area contributed by atoms with Gasteiger partial charge in [-0.3, -0.25) is 4.98 Å². The topological polar surface area (TPSA) is 24.9 Å². The summed E-state index contributed by atoms with van der Waals surface area (Å²) in [5.74, 6) is 0. The van der Waals surface area contributed by atoms with Crippen LogP contribution in [0.3, 0.4) is 0 Å². The molecule has 14 heavy (non-hydrogen) atoms. The maximum Gasteiger partial charge on any atom is 0.0570 e. The normalized spacial score (nSPS) is 13.3. The lowest BCUT2D eigenvalue weighted by Gasteiger charge is -2.11. The molecule has 2 heteroatoms. The summed E-state index contributed by atoms with van der Waals surface area (Å²) < 4.78 is 0. The molecule has 0 aliphatic heterocycles. The van der Waals surface area contributed by atoms with E-state index in [9.17, 15) is 0 Å². The lowest BCUT2D eigenvalue weighted by molar-refractivity contribution is 0.568. The molecule has 0 aliphatic carbocycles. The van der Waals surface area contributed by atoms with Crippen molar-refractivity contribution in [2.75, 3.05) is 6.54 Å². The molecule has 0 amide bonds. The SMILES string of the molecule is C/C=C/CCNC(C)c1ccccn1. The molecule has 0 bridgehead atoms. The van der Waals surface area contributed by atoms with E-state index in [0.29, 0.717) is 6.04 Å². The quantitative estimate of drug-likeness (QED) is 0.570. The van der Waals surface area contributed by atoms with Crippen molar-refractivity contribution >= 4 is 0 Å². The van der Waals surface area contributed by atoms with Gasteiger partial charge in [0.25, 0.3) is 0 Å². The van der Waals surface area contributed by atoms with Gasteiger partial charge in [-0.1, -0.05) is 18.2 Å². The highest BCUT2D eigenvalue weighted by Gasteiger charge is 2.02. The van der Waals surface area contributed by atoms with E-state index < -0.39 is 0 Å². The fourth-order valence-corrected chi connectivity index (χ4v) is 1.29. The van der Waals surface area contributed by atoms with Crippen molar-refractivity contribution in [3.63, 3.8) is 0 Å². The molecule has 0 radical (unpaired) electrons. The molecule has 0 saturated heterocycles. The zero-order chi connectivity index (χ0) is 10.2. The standard InChI is InChI=1S/C12H18N2/c1-3-4-6-9-13-11(2)12-8-5-7-10-14-12/h3-5,7-8,10-11,13H,6,9H2,1-2H3/b4-3+. The summed E-state index contributed by atoms with van der Waals surface area (Å²) in [6, 6.07) is 6.34. The van der Waals surface area contributed by atoms with Gasteiger partial charge in [0.2, 0.25) is 0 Å². The van der Waals surface area contributed by atoms with Crippen molar-refractivity contribution in [1.82, 2.24) is 10.3 Å². The molecule has 1 unspecified atom stereocenters. The fraction of sp³-hybridized carbons (Fsp3) is 0.417. The van der Waals surface area contributed by atoms with E-state index in [1.54, 1.807) is 0 Å². The van der Waals surface area contributed by atoms with Gasteiger partial charge in [-0.05, 0) is 38.9 Å². The predicted molar refractivity (Wildman–Crippen MR) is 60.1 cm³/mol. The van der Waals surface area contributed by atoms with Crippen LogP contribution in [0.4, 0.5) is 0 Å². The van der Waals surface area contributed by atoms with Crippen molar-refractivity contribution in [1.29, 1.82) is 0 Å². The van der Waals surface area contributed by atoms with Crippen LogP contribution in [0.1, 0.15) is 32.0 Å². The van der Waals surface area contributed by atoms with Crippen molar-refractivity contribution in [2.24, 2.45) is 0 Å². The molecule has 0 fully saturated rings. The molecule has 0 saturated carbocycles. The zero-order valence-corrected chi connectivity index (χ0v) is 8.90. The van der Waals surface area contributed by atoms with Crippen LogP contribution in [-0.2, 0) is 0 Å². The van der Waals surface area contributed by atoms with E-state index in [1.807, 2.05) is 31.3 Å². The largest absolute Gasteiger partial charge is 0.309 e. The first-order chi connectivity index (χ1) is 6.84. The summed E-state index contributed by atoms with van der Waals surface area (Å²) in [6.07, 6.45) is 7.15. The number of rotatable bonds is 5. The van der Waals surface area contributed by atoms with E-state index >= 15 is 0 Å². The number of pyridine rings is 1. The number of hydrogen-bond donors (Lipinski definition) is 1. The van der Waals surface area contributed by atoms with Gasteiger partial charge < -0.3 is 5.32 Å². The summed E-state index contributed by atoms with van der Waals surface area (Å²) >= 11 is 0. The first-order valence-electron chi connectivity index (χ1n) is 5.10. The summed E-state index contributed by atoms with van der Waals surface area (Å²) in [5.41, 5.74) is 1.10. The van der Waals surface area contributed by atoms with Crippen molar-refractivity contribution < 1.29 is 0 Å². The third kappa shape index (κ3) is 3.71. The Balaban J connectivity index is 2.32. The molecule has 1 rings (SSSR count). The average Bonchev–Trinajstić information content (AvgIpc) is 2.25. The van der Waals surface area contributed by atoms with E-state index in [0.717, 1.165) is 18.7 Å². The smallest absolute Gasteiger partial charge is 0.0570 e. The van der Waals surface area contributed by atoms with Gasteiger partial charge in [-0.15, -0.1) is 0 Å². The van der Waals surface area contributed by atoms with Crippen LogP contribution in [0.2, 0.25) is 0 Å². The van der Waals surface area contributed by atoms with Gasteiger partial charge in [-0.25, -0.2) is 0 Å². The van der Waals surface area contributed by atoms with Crippen molar-refractivity contribution in [3.8, 4) is 0 Å². The second kappa shape index (κ2) is 6.33. The van der Waals surface area contributed by atoms with E-state index in [-0.39, 0.29) is 0 Å². The Kier molecular flexibility index (Phi) is 4.94. The van der Waals surface area contributed by atoms with E-state index in [2.05, 4.69) is 29.4 Å². The summed E-state index contributed by atoms with van der Waals surface area (Å²) in [5, 5.41) is 3.42. The lowest BCUT2D eigenvalue weighted by atomic mass is 10.2. The predicted octanol–water partition coefficient (Wildman–Crippen LogP) is 2.70. The minimum Gasteiger partial charge on any atom is -0.309 e.